The summed E-state index contributed by atoms with van der Waals surface area (Å²) in [5.74, 6) is 0. The lowest BCUT2D eigenvalue weighted by Gasteiger charge is -2.10. The Bertz CT molecular complexity index is 1250. The minimum absolute atomic E-state index is 0.137. The maximum Gasteiger partial charge on any atom is 0.207 e. The van der Waals surface area contributed by atoms with Crippen LogP contribution >= 0.6 is 0 Å². The van der Waals surface area contributed by atoms with Crippen molar-refractivity contribution in [2.75, 3.05) is 13.2 Å². The normalized spacial score (nSPS) is 15.9. The van der Waals surface area contributed by atoms with Gasteiger partial charge in [0.2, 0.25) is 16.1 Å². The second-order valence-electron chi connectivity index (χ2n) is 6.46. The molecule has 138 valence electrons. The second kappa shape index (κ2) is 5.91. The number of nitrogens with zero attached hydrogens (tertiary/aromatic N) is 2. The molecule has 1 aliphatic heterocycles. The molecule has 2 aromatic carbocycles. The van der Waals surface area contributed by atoms with Crippen molar-refractivity contribution in [1.82, 2.24) is 9.72 Å². The van der Waals surface area contributed by atoms with E-state index in [2.05, 4.69) is 5.16 Å². The van der Waals surface area contributed by atoms with Crippen LogP contribution in [0.3, 0.4) is 0 Å². The number of fused-ring (bicyclic) bond motifs is 3. The fourth-order valence-electron chi connectivity index (χ4n) is 3.46. The summed E-state index contributed by atoms with van der Waals surface area (Å²) in [6.45, 7) is 0.848. The van der Waals surface area contributed by atoms with Crippen LogP contribution < -0.4 is 0 Å². The van der Waals surface area contributed by atoms with Gasteiger partial charge in [-0.1, -0.05) is 23.4 Å². The Morgan fingerprint density at radius 1 is 1.11 bits per heavy atom. The zero-order chi connectivity index (χ0) is 18.6. The van der Waals surface area contributed by atoms with Gasteiger partial charge in [-0.15, -0.1) is 0 Å². The van der Waals surface area contributed by atoms with Gasteiger partial charge in [0.25, 0.3) is 0 Å². The van der Waals surface area contributed by atoms with Crippen molar-refractivity contribution >= 4 is 31.6 Å². The molecule has 0 aliphatic carbocycles. The monoisotopic (exact) mass is 384 g/mol. The number of ether oxygens (including phenoxy) is 2. The van der Waals surface area contributed by atoms with Gasteiger partial charge < -0.3 is 18.6 Å². The molecule has 0 N–H and O–H groups in total. The molecule has 7 nitrogen and oxygen atoms in total. The first kappa shape index (κ1) is 16.5. The molecule has 4 aromatic rings. The molecule has 3 heterocycles. The van der Waals surface area contributed by atoms with Crippen molar-refractivity contribution in [3.05, 3.63) is 54.5 Å². The highest BCUT2D eigenvalue weighted by molar-refractivity contribution is 7.91. The van der Waals surface area contributed by atoms with Crippen LogP contribution in [0.2, 0.25) is 0 Å². The summed E-state index contributed by atoms with van der Waals surface area (Å²) in [6, 6.07) is 9.99. The van der Waals surface area contributed by atoms with Crippen LogP contribution in [0.25, 0.3) is 21.7 Å². The SMILES string of the molecule is Cn1cc2cc(S(=O)(=O)c3ccccc3)c3c(C4OCCO4)noc3c2c1. The third kappa shape index (κ3) is 2.48. The van der Waals surface area contributed by atoms with E-state index in [1.807, 2.05) is 24.0 Å². The number of aromatic nitrogens is 2. The molecule has 5 rings (SSSR count). The van der Waals surface area contributed by atoms with Crippen LogP contribution in [0.4, 0.5) is 0 Å². The first-order valence-electron chi connectivity index (χ1n) is 8.47. The van der Waals surface area contributed by atoms with Gasteiger partial charge in [0.15, 0.2) is 5.58 Å². The van der Waals surface area contributed by atoms with Crippen LogP contribution in [0.1, 0.15) is 12.0 Å². The van der Waals surface area contributed by atoms with Crippen LogP contribution in [0.5, 0.6) is 0 Å². The van der Waals surface area contributed by atoms with Crippen LogP contribution in [0, 0.1) is 0 Å². The van der Waals surface area contributed by atoms with Gasteiger partial charge in [-0.2, -0.15) is 0 Å². The number of sulfone groups is 1. The number of hydrogen-bond acceptors (Lipinski definition) is 6. The number of rotatable bonds is 3. The molecular formula is C19H16N2O5S. The molecule has 27 heavy (non-hydrogen) atoms. The van der Waals surface area contributed by atoms with Gasteiger partial charge >= 0.3 is 0 Å². The van der Waals surface area contributed by atoms with Crippen LogP contribution in [0.15, 0.2) is 63.1 Å². The molecular weight excluding hydrogens is 368 g/mol. The Balaban J connectivity index is 1.87. The lowest BCUT2D eigenvalue weighted by atomic mass is 10.1. The maximum atomic E-state index is 13.4. The van der Waals surface area contributed by atoms with Gasteiger partial charge in [-0.05, 0) is 18.2 Å². The van der Waals surface area contributed by atoms with Gasteiger partial charge in [0.05, 0.1) is 28.4 Å². The number of hydrogen-bond donors (Lipinski definition) is 0. The van der Waals surface area contributed by atoms with Gasteiger partial charge in [0.1, 0.15) is 5.69 Å². The van der Waals surface area contributed by atoms with Crippen molar-refractivity contribution in [1.29, 1.82) is 0 Å². The third-order valence-corrected chi connectivity index (χ3v) is 6.46. The number of aryl methyl sites for hydroxylation is 1. The predicted molar refractivity (Wildman–Crippen MR) is 97.0 cm³/mol. The minimum Gasteiger partial charge on any atom is -0.356 e. The summed E-state index contributed by atoms with van der Waals surface area (Å²) in [4.78, 5) is 0.347. The standard InChI is InChI=1S/C19H16N2O5S/c1-21-10-12-9-15(27(22,23)13-5-3-2-4-6-13)16-17(19-24-7-8-25-19)20-26-18(16)14(12)11-21/h2-6,9-11,19H,7-8H2,1H3. The van der Waals surface area contributed by atoms with E-state index in [4.69, 9.17) is 14.0 Å². The summed E-state index contributed by atoms with van der Waals surface area (Å²) in [5.41, 5.74) is 0.763. The molecule has 0 saturated carbocycles. The van der Waals surface area contributed by atoms with Crippen molar-refractivity contribution in [2.24, 2.45) is 7.05 Å². The van der Waals surface area contributed by atoms with E-state index in [1.165, 1.54) is 0 Å². The predicted octanol–water partition coefficient (Wildman–Crippen LogP) is 3.20. The minimum atomic E-state index is -3.79. The first-order valence-corrected chi connectivity index (χ1v) is 9.95. The average Bonchev–Trinajstić information content (AvgIpc) is 3.39. The highest BCUT2D eigenvalue weighted by Crippen LogP contribution is 2.39. The number of benzene rings is 2. The van der Waals surface area contributed by atoms with E-state index in [-0.39, 0.29) is 9.79 Å². The van der Waals surface area contributed by atoms with Crippen molar-refractivity contribution in [2.45, 2.75) is 16.1 Å². The van der Waals surface area contributed by atoms with E-state index >= 15 is 0 Å². The molecule has 0 unspecified atom stereocenters. The zero-order valence-corrected chi connectivity index (χ0v) is 15.3. The van der Waals surface area contributed by atoms with E-state index in [9.17, 15) is 8.42 Å². The van der Waals surface area contributed by atoms with Crippen molar-refractivity contribution in [3.63, 3.8) is 0 Å². The molecule has 2 aromatic heterocycles. The third-order valence-electron chi connectivity index (χ3n) is 4.67. The Labute approximate surface area is 155 Å². The Kier molecular flexibility index (Phi) is 3.61. The van der Waals surface area contributed by atoms with E-state index in [1.54, 1.807) is 36.4 Å². The molecule has 8 heteroatoms. The summed E-state index contributed by atoms with van der Waals surface area (Å²) in [6.07, 6.45) is 2.99. The van der Waals surface area contributed by atoms with E-state index in [0.29, 0.717) is 29.9 Å². The summed E-state index contributed by atoms with van der Waals surface area (Å²) >= 11 is 0. The molecule has 0 bridgehead atoms. The topological polar surface area (TPSA) is 83.6 Å². The first-order chi connectivity index (χ1) is 13.1. The quantitative estimate of drug-likeness (QED) is 0.539. The summed E-state index contributed by atoms with van der Waals surface area (Å²) in [7, 11) is -1.92. The van der Waals surface area contributed by atoms with E-state index in [0.717, 1.165) is 10.8 Å². The molecule has 0 radical (unpaired) electrons. The fourth-order valence-corrected chi connectivity index (χ4v) is 4.98. The van der Waals surface area contributed by atoms with Gasteiger partial charge in [0, 0.05) is 30.2 Å². The lowest BCUT2D eigenvalue weighted by molar-refractivity contribution is -0.0481. The molecule has 1 saturated heterocycles. The highest BCUT2D eigenvalue weighted by Gasteiger charge is 2.32. The zero-order valence-electron chi connectivity index (χ0n) is 14.5. The fraction of sp³-hybridized carbons (Fsp3) is 0.211. The lowest BCUT2D eigenvalue weighted by Crippen LogP contribution is -2.05. The largest absolute Gasteiger partial charge is 0.356 e. The highest BCUT2D eigenvalue weighted by atomic mass is 32.2. The van der Waals surface area contributed by atoms with Crippen LogP contribution in [-0.2, 0) is 26.4 Å². The van der Waals surface area contributed by atoms with Gasteiger partial charge in [-0.25, -0.2) is 8.42 Å². The van der Waals surface area contributed by atoms with Crippen molar-refractivity contribution < 1.29 is 22.4 Å². The average molecular weight is 384 g/mol. The Morgan fingerprint density at radius 2 is 1.85 bits per heavy atom. The maximum absolute atomic E-state index is 13.4. The molecule has 1 aliphatic rings. The summed E-state index contributed by atoms with van der Waals surface area (Å²) in [5, 5.41) is 6.06. The smallest absolute Gasteiger partial charge is 0.207 e. The van der Waals surface area contributed by atoms with Crippen LogP contribution in [-0.4, -0.2) is 31.4 Å². The Hall–Kier alpha value is -2.68. The molecule has 0 amide bonds. The Morgan fingerprint density at radius 3 is 2.59 bits per heavy atom. The van der Waals surface area contributed by atoms with Gasteiger partial charge in [-0.3, -0.25) is 0 Å². The molecule has 0 atom stereocenters. The summed E-state index contributed by atoms with van der Waals surface area (Å²) < 4.78 is 45.3. The second-order valence-corrected chi connectivity index (χ2v) is 8.38. The van der Waals surface area contributed by atoms with Crippen molar-refractivity contribution in [3.8, 4) is 0 Å². The molecule has 0 spiro atoms. The molecule has 1 fully saturated rings. The van der Waals surface area contributed by atoms with E-state index < -0.39 is 16.1 Å².